The van der Waals surface area contributed by atoms with Crippen LogP contribution in [-0.2, 0) is 9.53 Å². The minimum atomic E-state index is -0.804. The molecule has 0 aromatic heterocycles. The Balaban J connectivity index is 3.14. The van der Waals surface area contributed by atoms with E-state index in [2.05, 4.69) is 5.32 Å². The third-order valence-corrected chi connectivity index (χ3v) is 1.60. The van der Waals surface area contributed by atoms with E-state index in [9.17, 15) is 4.79 Å². The normalized spacial score (nSPS) is 12.8. The molecule has 0 aromatic carbocycles. The zero-order valence-corrected chi connectivity index (χ0v) is 7.67. The van der Waals surface area contributed by atoms with E-state index in [1.54, 1.807) is 14.0 Å². The number of hydrogen-bond acceptors (Lipinski definition) is 3. The third kappa shape index (κ3) is 6.12. The maximum Gasteiger partial charge on any atom is 0.320 e. The van der Waals surface area contributed by atoms with Crippen molar-refractivity contribution in [3.05, 3.63) is 0 Å². The van der Waals surface area contributed by atoms with Crippen molar-refractivity contribution in [1.82, 2.24) is 5.32 Å². The van der Waals surface area contributed by atoms with Gasteiger partial charge in [-0.05, 0) is 26.3 Å². The lowest BCUT2D eigenvalue weighted by Crippen LogP contribution is -2.34. The van der Waals surface area contributed by atoms with E-state index < -0.39 is 12.0 Å². The van der Waals surface area contributed by atoms with Gasteiger partial charge in [-0.1, -0.05) is 0 Å². The second-order valence-corrected chi connectivity index (χ2v) is 2.71. The lowest BCUT2D eigenvalue weighted by molar-refractivity contribution is -0.138. The molecule has 0 aliphatic heterocycles. The largest absolute Gasteiger partial charge is 0.480 e. The Morgan fingerprint density at radius 3 is 2.75 bits per heavy atom. The van der Waals surface area contributed by atoms with Crippen LogP contribution in [0.25, 0.3) is 0 Å². The maximum atomic E-state index is 10.3. The van der Waals surface area contributed by atoms with Crippen LogP contribution in [0, 0.1) is 0 Å². The summed E-state index contributed by atoms with van der Waals surface area (Å²) >= 11 is 0. The second kappa shape index (κ2) is 7.06. The molecule has 2 N–H and O–H groups in total. The molecule has 4 heteroatoms. The Morgan fingerprint density at radius 1 is 1.58 bits per heavy atom. The number of rotatable bonds is 7. The first-order valence-electron chi connectivity index (χ1n) is 4.13. The number of hydrogen-bond donors (Lipinski definition) is 2. The molecule has 0 aromatic rings. The van der Waals surface area contributed by atoms with E-state index in [0.717, 1.165) is 26.0 Å². The van der Waals surface area contributed by atoms with Gasteiger partial charge in [-0.25, -0.2) is 0 Å². The van der Waals surface area contributed by atoms with Gasteiger partial charge in [0.25, 0.3) is 0 Å². The Morgan fingerprint density at radius 2 is 2.25 bits per heavy atom. The van der Waals surface area contributed by atoms with Crippen LogP contribution in [0.4, 0.5) is 0 Å². The molecule has 0 amide bonds. The molecular formula is C8H17NO3. The van der Waals surface area contributed by atoms with Gasteiger partial charge in [-0.2, -0.15) is 0 Å². The van der Waals surface area contributed by atoms with Crippen molar-refractivity contribution < 1.29 is 14.6 Å². The molecule has 0 fully saturated rings. The molecule has 0 unspecified atom stereocenters. The molecule has 0 heterocycles. The first-order valence-corrected chi connectivity index (χ1v) is 4.13. The summed E-state index contributed by atoms with van der Waals surface area (Å²) in [7, 11) is 1.66. The predicted molar refractivity (Wildman–Crippen MR) is 46.2 cm³/mol. The fourth-order valence-corrected chi connectivity index (χ4v) is 0.777. The number of ether oxygens (including phenoxy) is 1. The molecule has 0 aliphatic rings. The fourth-order valence-electron chi connectivity index (χ4n) is 0.777. The van der Waals surface area contributed by atoms with Crippen molar-refractivity contribution in [2.24, 2.45) is 0 Å². The van der Waals surface area contributed by atoms with Crippen molar-refractivity contribution >= 4 is 5.97 Å². The summed E-state index contributed by atoms with van der Waals surface area (Å²) in [6.07, 6.45) is 1.92. The average Bonchev–Trinajstić information content (AvgIpc) is 2.03. The predicted octanol–water partition coefficient (Wildman–Crippen LogP) is 0.476. The summed E-state index contributed by atoms with van der Waals surface area (Å²) in [5, 5.41) is 11.4. The monoisotopic (exact) mass is 175 g/mol. The number of nitrogens with one attached hydrogen (secondary N) is 1. The highest BCUT2D eigenvalue weighted by molar-refractivity contribution is 5.72. The Kier molecular flexibility index (Phi) is 6.70. The molecule has 72 valence electrons. The summed E-state index contributed by atoms with van der Waals surface area (Å²) in [5.74, 6) is -0.804. The van der Waals surface area contributed by atoms with Gasteiger partial charge in [-0.3, -0.25) is 4.79 Å². The summed E-state index contributed by atoms with van der Waals surface area (Å²) in [5.41, 5.74) is 0. The van der Waals surface area contributed by atoms with Crippen molar-refractivity contribution in [1.29, 1.82) is 0 Å². The Labute approximate surface area is 72.9 Å². The average molecular weight is 175 g/mol. The third-order valence-electron chi connectivity index (χ3n) is 1.60. The van der Waals surface area contributed by atoms with E-state index in [-0.39, 0.29) is 0 Å². The first-order chi connectivity index (χ1) is 5.68. The molecule has 1 atom stereocenters. The van der Waals surface area contributed by atoms with Crippen molar-refractivity contribution in [2.45, 2.75) is 25.8 Å². The van der Waals surface area contributed by atoms with Crippen LogP contribution < -0.4 is 5.32 Å². The van der Waals surface area contributed by atoms with E-state index in [4.69, 9.17) is 9.84 Å². The fraction of sp³-hybridized carbons (Fsp3) is 0.875. The molecule has 0 spiro atoms. The number of carboxylic acid groups (broad SMARTS) is 1. The summed E-state index contributed by atoms with van der Waals surface area (Å²) in [6.45, 7) is 3.11. The van der Waals surface area contributed by atoms with E-state index in [1.165, 1.54) is 0 Å². The Hall–Kier alpha value is -0.610. The zero-order chi connectivity index (χ0) is 9.40. The molecule has 12 heavy (non-hydrogen) atoms. The van der Waals surface area contributed by atoms with Crippen LogP contribution in [0.1, 0.15) is 19.8 Å². The number of aliphatic carboxylic acids is 1. The van der Waals surface area contributed by atoms with Crippen LogP contribution in [0.2, 0.25) is 0 Å². The lowest BCUT2D eigenvalue weighted by atomic mass is 10.3. The molecule has 0 bridgehead atoms. The van der Waals surface area contributed by atoms with Crippen LogP contribution in [0.5, 0.6) is 0 Å². The summed E-state index contributed by atoms with van der Waals surface area (Å²) in [6, 6.07) is -0.451. The Bertz CT molecular complexity index is 127. The van der Waals surface area contributed by atoms with Crippen molar-refractivity contribution in [3.8, 4) is 0 Å². The molecule has 0 aliphatic carbocycles. The van der Waals surface area contributed by atoms with E-state index in [1.807, 2.05) is 0 Å². The molecule has 0 rings (SSSR count). The number of methoxy groups -OCH3 is 1. The number of carbonyl (C=O) groups is 1. The van der Waals surface area contributed by atoms with Gasteiger partial charge >= 0.3 is 5.97 Å². The minimum absolute atomic E-state index is 0.451. The van der Waals surface area contributed by atoms with Gasteiger partial charge in [0.2, 0.25) is 0 Å². The van der Waals surface area contributed by atoms with Gasteiger partial charge in [-0.15, -0.1) is 0 Å². The van der Waals surface area contributed by atoms with Crippen LogP contribution >= 0.6 is 0 Å². The maximum absolute atomic E-state index is 10.3. The molecule has 0 radical (unpaired) electrons. The van der Waals surface area contributed by atoms with Crippen molar-refractivity contribution in [2.75, 3.05) is 20.3 Å². The quantitative estimate of drug-likeness (QED) is 0.552. The van der Waals surface area contributed by atoms with Crippen LogP contribution in [0.15, 0.2) is 0 Å². The zero-order valence-electron chi connectivity index (χ0n) is 7.67. The highest BCUT2D eigenvalue weighted by Gasteiger charge is 2.07. The van der Waals surface area contributed by atoms with E-state index >= 15 is 0 Å². The van der Waals surface area contributed by atoms with Gasteiger partial charge < -0.3 is 15.2 Å². The SMILES string of the molecule is COCCCCN[C@@H](C)C(=O)O. The number of carboxylic acids is 1. The topological polar surface area (TPSA) is 58.6 Å². The highest BCUT2D eigenvalue weighted by Crippen LogP contribution is 1.88. The summed E-state index contributed by atoms with van der Waals surface area (Å²) in [4.78, 5) is 10.3. The minimum Gasteiger partial charge on any atom is -0.480 e. The van der Waals surface area contributed by atoms with E-state index in [0.29, 0.717) is 0 Å². The van der Waals surface area contributed by atoms with Crippen LogP contribution in [-0.4, -0.2) is 37.4 Å². The highest BCUT2D eigenvalue weighted by atomic mass is 16.5. The molecular weight excluding hydrogens is 158 g/mol. The van der Waals surface area contributed by atoms with Gasteiger partial charge in [0.05, 0.1) is 0 Å². The summed E-state index contributed by atoms with van der Waals surface area (Å²) < 4.78 is 4.85. The standard InChI is InChI=1S/C8H17NO3/c1-7(8(10)11)9-5-3-4-6-12-2/h7,9H,3-6H2,1-2H3,(H,10,11)/t7-/m0/s1. The smallest absolute Gasteiger partial charge is 0.320 e. The second-order valence-electron chi connectivity index (χ2n) is 2.71. The molecule has 0 saturated carbocycles. The van der Waals surface area contributed by atoms with Gasteiger partial charge in [0.1, 0.15) is 6.04 Å². The number of unbranched alkanes of at least 4 members (excludes halogenated alkanes) is 1. The molecule has 4 nitrogen and oxygen atoms in total. The van der Waals surface area contributed by atoms with Gasteiger partial charge in [0, 0.05) is 13.7 Å². The van der Waals surface area contributed by atoms with Crippen molar-refractivity contribution in [3.63, 3.8) is 0 Å². The van der Waals surface area contributed by atoms with Crippen LogP contribution in [0.3, 0.4) is 0 Å². The lowest BCUT2D eigenvalue weighted by Gasteiger charge is -2.07. The van der Waals surface area contributed by atoms with Gasteiger partial charge in [0.15, 0.2) is 0 Å². The molecule has 0 saturated heterocycles. The first kappa shape index (κ1) is 11.4.